The number of likely N-dealkylation sites (tertiary alicyclic amines) is 1. The minimum Gasteiger partial charge on any atom is -0.483 e. The molecule has 3 rings (SSSR count). The van der Waals surface area contributed by atoms with Crippen LogP contribution < -0.4 is 0 Å². The molecule has 1 saturated heterocycles. The molecule has 25 heavy (non-hydrogen) atoms. The monoisotopic (exact) mass is 346 g/mol. The highest BCUT2D eigenvalue weighted by Gasteiger charge is 2.20. The molecular formula is C18H26N4O3. The van der Waals surface area contributed by atoms with Crippen LogP contribution in [0.4, 0.5) is 0 Å². The normalized spacial score (nSPS) is 15.5. The number of aryl methyl sites for hydroxylation is 1. The number of ether oxygens (including phenoxy) is 1. The first-order valence-corrected chi connectivity index (χ1v) is 8.41. The highest BCUT2D eigenvalue weighted by molar-refractivity contribution is 5.56. The topological polar surface area (TPSA) is 80.5 Å². The Kier molecular flexibility index (Phi) is 7.09. The quantitative estimate of drug-likeness (QED) is 0.838. The zero-order valence-corrected chi connectivity index (χ0v) is 15.1. The van der Waals surface area contributed by atoms with Gasteiger partial charge in [0.1, 0.15) is 6.61 Å². The van der Waals surface area contributed by atoms with Crippen molar-refractivity contribution in [1.82, 2.24) is 19.7 Å². The number of benzene rings is 1. The van der Waals surface area contributed by atoms with Crippen molar-refractivity contribution in [2.24, 2.45) is 7.05 Å². The van der Waals surface area contributed by atoms with Crippen molar-refractivity contribution in [3.63, 3.8) is 0 Å². The lowest BCUT2D eigenvalue weighted by Gasteiger charge is -2.24. The van der Waals surface area contributed by atoms with Crippen LogP contribution in [0.3, 0.4) is 0 Å². The van der Waals surface area contributed by atoms with Gasteiger partial charge in [0.25, 0.3) is 6.47 Å². The maximum Gasteiger partial charge on any atom is 0.290 e. The molecule has 7 nitrogen and oxygen atoms in total. The van der Waals surface area contributed by atoms with Gasteiger partial charge in [-0.25, -0.2) is 4.98 Å². The van der Waals surface area contributed by atoms with E-state index in [4.69, 9.17) is 14.6 Å². The molecule has 0 aliphatic carbocycles. The summed E-state index contributed by atoms with van der Waals surface area (Å²) in [6, 6.07) is 9.04. The molecule has 0 bridgehead atoms. The van der Waals surface area contributed by atoms with E-state index in [1.807, 2.05) is 7.05 Å². The Balaban J connectivity index is 0.000000701. The van der Waals surface area contributed by atoms with Crippen LogP contribution in [-0.2, 0) is 23.2 Å². The molecule has 1 aromatic carbocycles. The number of carbonyl (C=O) groups is 1. The Bertz CT molecular complexity index is 681. The number of hydrogen-bond acceptors (Lipinski definition) is 5. The van der Waals surface area contributed by atoms with Crippen LogP contribution in [-0.4, -0.2) is 51.4 Å². The second-order valence-electron chi connectivity index (χ2n) is 6.06. The van der Waals surface area contributed by atoms with Crippen LogP contribution in [0.1, 0.15) is 37.2 Å². The first kappa shape index (κ1) is 19.1. The Morgan fingerprint density at radius 3 is 2.68 bits per heavy atom. The van der Waals surface area contributed by atoms with Gasteiger partial charge >= 0.3 is 0 Å². The predicted octanol–water partition coefficient (Wildman–Crippen LogP) is 2.49. The summed E-state index contributed by atoms with van der Waals surface area (Å²) in [7, 11) is 3.58. The van der Waals surface area contributed by atoms with Gasteiger partial charge in [0.05, 0.1) is 0 Å². The first-order valence-electron chi connectivity index (χ1n) is 8.41. The van der Waals surface area contributed by atoms with Gasteiger partial charge in [-0.05, 0) is 44.5 Å². The molecule has 0 spiro atoms. The van der Waals surface area contributed by atoms with E-state index in [2.05, 4.69) is 46.2 Å². The van der Waals surface area contributed by atoms with E-state index in [9.17, 15) is 0 Å². The molecule has 1 aliphatic rings. The van der Waals surface area contributed by atoms with Crippen molar-refractivity contribution in [2.45, 2.75) is 32.4 Å². The van der Waals surface area contributed by atoms with Crippen molar-refractivity contribution in [2.75, 3.05) is 20.2 Å². The second kappa shape index (κ2) is 9.29. The molecule has 7 heteroatoms. The van der Waals surface area contributed by atoms with Gasteiger partial charge in [0.2, 0.25) is 0 Å². The average Bonchev–Trinajstić information content (AvgIpc) is 3.26. The largest absolute Gasteiger partial charge is 0.483 e. The SMILES string of the molecule is COCc1nc(-c2cccc(C(C)N3CCCC3)c2)nn1C.O=CO. The summed E-state index contributed by atoms with van der Waals surface area (Å²) >= 11 is 0. The number of nitrogens with zero attached hydrogens (tertiary/aromatic N) is 4. The van der Waals surface area contributed by atoms with Crippen LogP contribution in [0.5, 0.6) is 0 Å². The van der Waals surface area contributed by atoms with Crippen LogP contribution in [0.2, 0.25) is 0 Å². The molecule has 0 amide bonds. The summed E-state index contributed by atoms with van der Waals surface area (Å²) in [5, 5.41) is 11.4. The van der Waals surface area contributed by atoms with Crippen molar-refractivity contribution in [3.05, 3.63) is 35.7 Å². The average molecular weight is 346 g/mol. The molecule has 1 N–H and O–H groups in total. The van der Waals surface area contributed by atoms with E-state index in [0.717, 1.165) is 17.2 Å². The van der Waals surface area contributed by atoms with Crippen LogP contribution in [0.25, 0.3) is 11.4 Å². The van der Waals surface area contributed by atoms with Crippen molar-refractivity contribution in [1.29, 1.82) is 0 Å². The van der Waals surface area contributed by atoms with E-state index < -0.39 is 0 Å². The number of hydrogen-bond donors (Lipinski definition) is 1. The maximum absolute atomic E-state index is 8.36. The smallest absolute Gasteiger partial charge is 0.290 e. The third kappa shape index (κ3) is 4.87. The Labute approximate surface area is 148 Å². The highest BCUT2D eigenvalue weighted by atomic mass is 16.5. The number of methoxy groups -OCH3 is 1. The molecule has 136 valence electrons. The highest BCUT2D eigenvalue weighted by Crippen LogP contribution is 2.27. The van der Waals surface area contributed by atoms with Crippen molar-refractivity contribution >= 4 is 6.47 Å². The second-order valence-corrected chi connectivity index (χ2v) is 6.06. The van der Waals surface area contributed by atoms with Gasteiger partial charge in [-0.15, -0.1) is 0 Å². The lowest BCUT2D eigenvalue weighted by atomic mass is 10.0. The molecule has 1 aromatic heterocycles. The fourth-order valence-electron chi connectivity index (χ4n) is 3.07. The Morgan fingerprint density at radius 2 is 2.04 bits per heavy atom. The predicted molar refractivity (Wildman–Crippen MR) is 95.1 cm³/mol. The lowest BCUT2D eigenvalue weighted by molar-refractivity contribution is -0.122. The zero-order valence-electron chi connectivity index (χ0n) is 15.1. The van der Waals surface area contributed by atoms with E-state index in [1.54, 1.807) is 11.8 Å². The van der Waals surface area contributed by atoms with Gasteiger partial charge in [-0.2, -0.15) is 5.10 Å². The summed E-state index contributed by atoms with van der Waals surface area (Å²) < 4.78 is 6.94. The third-order valence-electron chi connectivity index (χ3n) is 4.44. The fourth-order valence-corrected chi connectivity index (χ4v) is 3.07. The van der Waals surface area contributed by atoms with Gasteiger partial charge in [0, 0.05) is 25.8 Å². The first-order chi connectivity index (χ1) is 12.1. The molecule has 2 heterocycles. The van der Waals surface area contributed by atoms with Gasteiger partial charge in [-0.3, -0.25) is 14.4 Å². The van der Waals surface area contributed by atoms with Gasteiger partial charge in [0.15, 0.2) is 11.6 Å². The molecule has 2 aromatic rings. The molecule has 0 saturated carbocycles. The Morgan fingerprint density at radius 1 is 1.36 bits per heavy atom. The molecule has 0 radical (unpaired) electrons. The number of rotatable bonds is 5. The summed E-state index contributed by atoms with van der Waals surface area (Å²) in [6.07, 6.45) is 2.62. The number of aromatic nitrogens is 3. The fraction of sp³-hybridized carbons (Fsp3) is 0.500. The van der Waals surface area contributed by atoms with Crippen LogP contribution in [0.15, 0.2) is 24.3 Å². The van der Waals surface area contributed by atoms with E-state index in [-0.39, 0.29) is 6.47 Å². The summed E-state index contributed by atoms with van der Waals surface area (Å²) in [4.78, 5) is 15.5. The van der Waals surface area contributed by atoms with Crippen molar-refractivity contribution in [3.8, 4) is 11.4 Å². The summed E-state index contributed by atoms with van der Waals surface area (Å²) in [5.74, 6) is 1.61. The third-order valence-corrected chi connectivity index (χ3v) is 4.44. The summed E-state index contributed by atoms with van der Waals surface area (Å²) in [5.41, 5.74) is 2.40. The Hall–Kier alpha value is -2.25. The lowest BCUT2D eigenvalue weighted by Crippen LogP contribution is -2.23. The molecule has 1 atom stereocenters. The van der Waals surface area contributed by atoms with Crippen molar-refractivity contribution < 1.29 is 14.6 Å². The van der Waals surface area contributed by atoms with Gasteiger partial charge < -0.3 is 9.84 Å². The molecular weight excluding hydrogens is 320 g/mol. The zero-order chi connectivity index (χ0) is 18.2. The summed E-state index contributed by atoms with van der Waals surface area (Å²) in [6.45, 7) is 4.91. The maximum atomic E-state index is 8.36. The standard InChI is InChI=1S/C17H24N4O.CH2O2/c1-13(21-9-4-5-10-21)14-7-6-8-15(11-14)17-18-16(12-22-3)20(2)19-17;2-1-3/h6-8,11,13H,4-5,9-10,12H2,1-3H3;1H,(H,2,3). The molecule has 1 aliphatic heterocycles. The molecule has 1 fully saturated rings. The van der Waals surface area contributed by atoms with Crippen LogP contribution >= 0.6 is 0 Å². The van der Waals surface area contributed by atoms with E-state index >= 15 is 0 Å². The van der Waals surface area contributed by atoms with Crippen LogP contribution in [0, 0.1) is 0 Å². The number of carboxylic acid groups (broad SMARTS) is 1. The van der Waals surface area contributed by atoms with E-state index in [0.29, 0.717) is 12.6 Å². The van der Waals surface area contributed by atoms with Gasteiger partial charge in [-0.1, -0.05) is 18.2 Å². The minimum atomic E-state index is -0.250. The molecule has 1 unspecified atom stereocenters. The minimum absolute atomic E-state index is 0.250. The van der Waals surface area contributed by atoms with E-state index in [1.165, 1.54) is 31.5 Å².